The molecule has 0 spiro atoms. The number of ether oxygens (including phenoxy) is 1. The van der Waals surface area contributed by atoms with Crippen molar-refractivity contribution in [1.29, 1.82) is 0 Å². The molecule has 0 fully saturated rings. The third-order valence-corrected chi connectivity index (χ3v) is 3.94. The number of anilines is 2. The van der Waals surface area contributed by atoms with Gasteiger partial charge >= 0.3 is 0 Å². The Bertz CT molecular complexity index is 956. The van der Waals surface area contributed by atoms with Crippen LogP contribution in [0.15, 0.2) is 30.3 Å². The Kier molecular flexibility index (Phi) is 8.55. The lowest BCUT2D eigenvalue weighted by Gasteiger charge is -2.16. The molecule has 0 radical (unpaired) electrons. The Balaban J connectivity index is 2.30. The number of hydrogen-bond acceptors (Lipinski definition) is 6. The predicted molar refractivity (Wildman–Crippen MR) is 106 cm³/mol. The van der Waals surface area contributed by atoms with E-state index in [-0.39, 0.29) is 48.7 Å². The van der Waals surface area contributed by atoms with E-state index in [0.717, 1.165) is 18.2 Å². The maximum Gasteiger partial charge on any atom is 0.254 e. The zero-order chi connectivity index (χ0) is 22.1. The van der Waals surface area contributed by atoms with Crippen molar-refractivity contribution in [1.82, 2.24) is 0 Å². The zero-order valence-electron chi connectivity index (χ0n) is 16.0. The molecule has 1 atom stereocenters. The molecule has 1 unspecified atom stereocenters. The van der Waals surface area contributed by atoms with Crippen LogP contribution in [0.2, 0.25) is 0 Å². The molecule has 0 aromatic heterocycles. The van der Waals surface area contributed by atoms with E-state index < -0.39 is 30.3 Å². The van der Waals surface area contributed by atoms with Gasteiger partial charge in [-0.05, 0) is 24.3 Å². The van der Waals surface area contributed by atoms with Crippen LogP contribution in [0.5, 0.6) is 5.75 Å². The summed E-state index contributed by atoms with van der Waals surface area (Å²) in [5.41, 5.74) is 5.45. The average molecular weight is 420 g/mol. The van der Waals surface area contributed by atoms with Crippen LogP contribution in [0.4, 0.5) is 20.2 Å². The third kappa shape index (κ3) is 6.42. The Morgan fingerprint density at radius 1 is 1.20 bits per heavy atom. The van der Waals surface area contributed by atoms with Crippen molar-refractivity contribution in [2.75, 3.05) is 25.1 Å². The Hall–Kier alpha value is -3.19. The predicted octanol–water partition coefficient (Wildman–Crippen LogP) is 1.66. The van der Waals surface area contributed by atoms with Crippen LogP contribution in [0.25, 0.3) is 0 Å². The number of aliphatic hydroxyl groups is 3. The summed E-state index contributed by atoms with van der Waals surface area (Å²) >= 11 is 0. The number of benzene rings is 2. The van der Waals surface area contributed by atoms with Gasteiger partial charge in [0.25, 0.3) is 5.91 Å². The molecular formula is C21H22F2N2O5. The molecule has 0 aliphatic rings. The molecule has 160 valence electrons. The fourth-order valence-electron chi connectivity index (χ4n) is 2.50. The van der Waals surface area contributed by atoms with Crippen LogP contribution in [0.3, 0.4) is 0 Å². The molecule has 1 amide bonds. The molecule has 7 nitrogen and oxygen atoms in total. The maximum absolute atomic E-state index is 14.4. The van der Waals surface area contributed by atoms with Crippen LogP contribution in [0.1, 0.15) is 28.8 Å². The summed E-state index contributed by atoms with van der Waals surface area (Å²) in [7, 11) is 0. The van der Waals surface area contributed by atoms with Crippen molar-refractivity contribution in [3.05, 3.63) is 53.1 Å². The fourth-order valence-corrected chi connectivity index (χ4v) is 2.50. The van der Waals surface area contributed by atoms with Crippen molar-refractivity contribution in [3.8, 4) is 17.6 Å². The number of aliphatic hydroxyl groups excluding tert-OH is 3. The third-order valence-electron chi connectivity index (χ3n) is 3.94. The smallest absolute Gasteiger partial charge is 0.254 e. The summed E-state index contributed by atoms with van der Waals surface area (Å²) in [6, 6.07) is 5.97. The molecule has 0 heterocycles. The van der Waals surface area contributed by atoms with E-state index in [1.165, 1.54) is 12.1 Å². The van der Waals surface area contributed by atoms with Crippen molar-refractivity contribution in [2.24, 2.45) is 5.73 Å². The lowest BCUT2D eigenvalue weighted by Crippen LogP contribution is -2.19. The van der Waals surface area contributed by atoms with E-state index in [2.05, 4.69) is 17.2 Å². The monoisotopic (exact) mass is 420 g/mol. The van der Waals surface area contributed by atoms with Crippen LogP contribution in [-0.4, -0.2) is 47.2 Å². The van der Waals surface area contributed by atoms with E-state index in [4.69, 9.17) is 20.7 Å². The zero-order valence-corrected chi connectivity index (χ0v) is 16.0. The second kappa shape index (κ2) is 11.1. The van der Waals surface area contributed by atoms with E-state index in [9.17, 15) is 18.7 Å². The van der Waals surface area contributed by atoms with E-state index >= 15 is 0 Å². The number of halogens is 2. The Labute approximate surface area is 172 Å². The van der Waals surface area contributed by atoms with Crippen molar-refractivity contribution >= 4 is 17.3 Å². The molecule has 2 rings (SSSR count). The first-order chi connectivity index (χ1) is 14.3. The standard InChI is InChI=1S/C21H22F2N2O5/c22-14-10-18(20(21(24)29)19(11-14)30-8-6-15(28)12-27)25-17-5-4-13(9-16(17)23)3-1-2-7-26/h4-5,9-11,15,25-28H,2,6-8,12H2,(H2,24,29). The highest BCUT2D eigenvalue weighted by molar-refractivity contribution is 6.02. The molecule has 30 heavy (non-hydrogen) atoms. The second-order valence-electron chi connectivity index (χ2n) is 6.26. The number of amides is 1. The molecule has 9 heteroatoms. The van der Waals surface area contributed by atoms with Gasteiger partial charge in [0.15, 0.2) is 0 Å². The van der Waals surface area contributed by atoms with Crippen LogP contribution in [0, 0.1) is 23.5 Å². The van der Waals surface area contributed by atoms with Crippen molar-refractivity contribution in [2.45, 2.75) is 18.9 Å². The highest BCUT2D eigenvalue weighted by Gasteiger charge is 2.19. The Morgan fingerprint density at radius 2 is 1.97 bits per heavy atom. The van der Waals surface area contributed by atoms with Gasteiger partial charge in [-0.25, -0.2) is 8.78 Å². The van der Waals surface area contributed by atoms with E-state index in [1.54, 1.807) is 0 Å². The minimum Gasteiger partial charge on any atom is -0.492 e. The molecular weight excluding hydrogens is 398 g/mol. The van der Waals surface area contributed by atoms with Crippen molar-refractivity contribution in [3.63, 3.8) is 0 Å². The van der Waals surface area contributed by atoms with E-state index in [1.807, 2.05) is 0 Å². The number of hydrogen-bond donors (Lipinski definition) is 5. The molecule has 0 aliphatic carbocycles. The lowest BCUT2D eigenvalue weighted by molar-refractivity contribution is 0.0751. The molecule has 2 aromatic carbocycles. The molecule has 6 N–H and O–H groups in total. The largest absolute Gasteiger partial charge is 0.492 e. The molecule has 0 saturated carbocycles. The fraction of sp³-hybridized carbons (Fsp3) is 0.286. The topological polar surface area (TPSA) is 125 Å². The number of carbonyl (C=O) groups is 1. The SMILES string of the molecule is NC(=O)c1c(Nc2ccc(C#CCCO)cc2F)cc(F)cc1OCCC(O)CO. The van der Waals surface area contributed by atoms with Gasteiger partial charge in [-0.15, -0.1) is 0 Å². The van der Waals surface area contributed by atoms with Gasteiger partial charge in [0.05, 0.1) is 37.3 Å². The molecule has 0 aliphatic heterocycles. The summed E-state index contributed by atoms with van der Waals surface area (Å²) in [6.07, 6.45) is -0.729. The van der Waals surface area contributed by atoms with E-state index in [0.29, 0.717) is 5.56 Å². The summed E-state index contributed by atoms with van der Waals surface area (Å²) in [4.78, 5) is 11.9. The minimum atomic E-state index is -1.03. The van der Waals surface area contributed by atoms with Crippen LogP contribution in [-0.2, 0) is 0 Å². The molecule has 2 aromatic rings. The first kappa shape index (κ1) is 23.1. The first-order valence-electron chi connectivity index (χ1n) is 9.07. The van der Waals surface area contributed by atoms with Gasteiger partial charge < -0.3 is 31.1 Å². The average Bonchev–Trinajstić information content (AvgIpc) is 2.69. The summed E-state index contributed by atoms with van der Waals surface area (Å²) < 4.78 is 33.9. The lowest BCUT2D eigenvalue weighted by atomic mass is 10.1. The summed E-state index contributed by atoms with van der Waals surface area (Å²) in [5, 5.41) is 29.6. The van der Waals surface area contributed by atoms with Crippen LogP contribution < -0.4 is 15.8 Å². The van der Waals surface area contributed by atoms with Crippen molar-refractivity contribution < 1.29 is 33.6 Å². The number of nitrogens with one attached hydrogen (secondary N) is 1. The maximum atomic E-state index is 14.4. The Morgan fingerprint density at radius 3 is 2.60 bits per heavy atom. The quantitative estimate of drug-likeness (QED) is 0.393. The highest BCUT2D eigenvalue weighted by atomic mass is 19.1. The number of rotatable bonds is 9. The molecule has 0 saturated heterocycles. The number of primary amides is 1. The van der Waals surface area contributed by atoms with Crippen LogP contribution >= 0.6 is 0 Å². The second-order valence-corrected chi connectivity index (χ2v) is 6.26. The van der Waals surface area contributed by atoms with Gasteiger partial charge in [0.1, 0.15) is 22.9 Å². The number of nitrogens with two attached hydrogens (primary N) is 1. The highest BCUT2D eigenvalue weighted by Crippen LogP contribution is 2.31. The number of carbonyl (C=O) groups excluding carboxylic acids is 1. The minimum absolute atomic E-state index is 0.0430. The van der Waals surface area contributed by atoms with Gasteiger partial charge in [-0.1, -0.05) is 11.8 Å². The normalized spacial score (nSPS) is 11.4. The first-order valence-corrected chi connectivity index (χ1v) is 9.07. The van der Waals surface area contributed by atoms with Gasteiger partial charge in [0.2, 0.25) is 0 Å². The van der Waals surface area contributed by atoms with Gasteiger partial charge in [-0.2, -0.15) is 0 Å². The molecule has 0 bridgehead atoms. The summed E-state index contributed by atoms with van der Waals surface area (Å²) in [6.45, 7) is -0.684. The van der Waals surface area contributed by atoms with Gasteiger partial charge in [0, 0.05) is 24.5 Å². The summed E-state index contributed by atoms with van der Waals surface area (Å²) in [5.74, 6) is 2.80. The van der Waals surface area contributed by atoms with Gasteiger partial charge in [-0.3, -0.25) is 4.79 Å².